The minimum atomic E-state index is -0.428. The Balaban J connectivity index is 0.00000192. The zero-order chi connectivity index (χ0) is 15.5. The molecule has 1 aromatic carbocycles. The van der Waals surface area contributed by atoms with Gasteiger partial charge in [-0.15, -0.1) is 12.4 Å². The minimum Gasteiger partial charge on any atom is -0.392 e. The second kappa shape index (κ2) is 7.59. The Kier molecular flexibility index (Phi) is 5.76. The number of hydrogen-bond acceptors (Lipinski definition) is 4. The Morgan fingerprint density at radius 1 is 1.43 bits per heavy atom. The highest BCUT2D eigenvalue weighted by molar-refractivity contribution is 5.85. The SMILES string of the molecule is CN(Cc1cnn(-c2ccccc2)c1)C(=O)[C@@H]1C[C@@H](O)CN1.Cl. The number of carbonyl (C=O) groups is 1. The molecule has 1 aromatic heterocycles. The van der Waals surface area contributed by atoms with E-state index < -0.39 is 6.10 Å². The summed E-state index contributed by atoms with van der Waals surface area (Å²) in [6, 6.07) is 9.56. The highest BCUT2D eigenvalue weighted by atomic mass is 35.5. The lowest BCUT2D eigenvalue weighted by Crippen LogP contribution is -2.41. The molecule has 1 fully saturated rings. The first-order valence-corrected chi connectivity index (χ1v) is 7.39. The molecule has 0 unspecified atom stereocenters. The molecule has 2 N–H and O–H groups in total. The van der Waals surface area contributed by atoms with Gasteiger partial charge in [0.05, 0.1) is 24.0 Å². The zero-order valence-electron chi connectivity index (χ0n) is 12.9. The van der Waals surface area contributed by atoms with Crippen LogP contribution in [0.4, 0.5) is 0 Å². The van der Waals surface area contributed by atoms with Crippen molar-refractivity contribution < 1.29 is 9.90 Å². The number of likely N-dealkylation sites (N-methyl/N-ethyl adjacent to an activating group) is 1. The number of carbonyl (C=O) groups excluding carboxylic acids is 1. The number of rotatable bonds is 4. The number of amides is 1. The Bertz CT molecular complexity index is 647. The fraction of sp³-hybridized carbons (Fsp3) is 0.375. The maximum atomic E-state index is 12.3. The predicted octanol–water partition coefficient (Wildman–Crippen LogP) is 0.975. The van der Waals surface area contributed by atoms with Gasteiger partial charge in [-0.25, -0.2) is 4.68 Å². The first-order valence-electron chi connectivity index (χ1n) is 7.39. The van der Waals surface area contributed by atoms with E-state index in [1.807, 2.05) is 36.5 Å². The summed E-state index contributed by atoms with van der Waals surface area (Å²) >= 11 is 0. The minimum absolute atomic E-state index is 0. The lowest BCUT2D eigenvalue weighted by atomic mass is 10.2. The van der Waals surface area contributed by atoms with Crippen LogP contribution >= 0.6 is 12.4 Å². The predicted molar refractivity (Wildman–Crippen MR) is 89.7 cm³/mol. The van der Waals surface area contributed by atoms with Gasteiger partial charge >= 0.3 is 0 Å². The molecule has 2 heterocycles. The van der Waals surface area contributed by atoms with Crippen molar-refractivity contribution in [3.05, 3.63) is 48.3 Å². The number of nitrogens with one attached hydrogen (secondary N) is 1. The van der Waals surface area contributed by atoms with E-state index in [2.05, 4.69) is 10.4 Å². The summed E-state index contributed by atoms with van der Waals surface area (Å²) in [5, 5.41) is 16.9. The van der Waals surface area contributed by atoms with E-state index in [1.54, 1.807) is 22.8 Å². The molecule has 0 saturated carbocycles. The number of β-amino-alcohol motifs (C(OH)–C–C–N with tert-alkyl or cyclic N) is 1. The largest absolute Gasteiger partial charge is 0.392 e. The van der Waals surface area contributed by atoms with Gasteiger partial charge in [0.25, 0.3) is 0 Å². The molecule has 23 heavy (non-hydrogen) atoms. The molecule has 1 aliphatic heterocycles. The van der Waals surface area contributed by atoms with Crippen LogP contribution in [0.2, 0.25) is 0 Å². The van der Waals surface area contributed by atoms with Crippen LogP contribution in [0, 0.1) is 0 Å². The van der Waals surface area contributed by atoms with Crippen LogP contribution in [0.1, 0.15) is 12.0 Å². The van der Waals surface area contributed by atoms with Crippen LogP contribution < -0.4 is 5.32 Å². The van der Waals surface area contributed by atoms with Gasteiger partial charge in [0, 0.05) is 31.9 Å². The van der Waals surface area contributed by atoms with Crippen molar-refractivity contribution in [2.75, 3.05) is 13.6 Å². The van der Waals surface area contributed by atoms with Crippen LogP contribution in [0.15, 0.2) is 42.7 Å². The molecule has 1 saturated heterocycles. The van der Waals surface area contributed by atoms with Crippen LogP contribution in [-0.2, 0) is 11.3 Å². The third-order valence-electron chi connectivity index (χ3n) is 3.86. The Hall–Kier alpha value is -1.89. The Morgan fingerprint density at radius 2 is 2.17 bits per heavy atom. The molecule has 6 nitrogen and oxygen atoms in total. The van der Waals surface area contributed by atoms with Crippen LogP contribution in [0.3, 0.4) is 0 Å². The van der Waals surface area contributed by atoms with E-state index in [9.17, 15) is 9.90 Å². The van der Waals surface area contributed by atoms with E-state index in [4.69, 9.17) is 0 Å². The second-order valence-electron chi connectivity index (χ2n) is 5.67. The molecule has 1 aliphatic rings. The quantitative estimate of drug-likeness (QED) is 0.873. The molecule has 124 valence electrons. The molecule has 0 radical (unpaired) electrons. The summed E-state index contributed by atoms with van der Waals surface area (Å²) in [6.07, 6.45) is 3.75. The molecule has 2 atom stereocenters. The smallest absolute Gasteiger partial charge is 0.239 e. The third kappa shape index (κ3) is 4.10. The van der Waals surface area contributed by atoms with E-state index >= 15 is 0 Å². The summed E-state index contributed by atoms with van der Waals surface area (Å²) in [7, 11) is 1.77. The molecule has 2 aromatic rings. The zero-order valence-corrected chi connectivity index (χ0v) is 13.7. The monoisotopic (exact) mass is 336 g/mol. The highest BCUT2D eigenvalue weighted by Crippen LogP contribution is 2.12. The second-order valence-corrected chi connectivity index (χ2v) is 5.67. The summed E-state index contributed by atoms with van der Waals surface area (Å²) in [4.78, 5) is 14.0. The average molecular weight is 337 g/mol. The van der Waals surface area contributed by atoms with Gasteiger partial charge in [-0.05, 0) is 18.6 Å². The van der Waals surface area contributed by atoms with Crippen LogP contribution in [0.25, 0.3) is 5.69 Å². The van der Waals surface area contributed by atoms with Crippen LogP contribution in [-0.4, -0.2) is 51.4 Å². The topological polar surface area (TPSA) is 70.4 Å². The van der Waals surface area contributed by atoms with Crippen molar-refractivity contribution in [2.24, 2.45) is 0 Å². The molecular formula is C16H21ClN4O2. The number of aliphatic hydroxyl groups excluding tert-OH is 1. The molecule has 0 bridgehead atoms. The average Bonchev–Trinajstić information content (AvgIpc) is 3.16. The Morgan fingerprint density at radius 3 is 2.83 bits per heavy atom. The number of hydrogen-bond donors (Lipinski definition) is 2. The highest BCUT2D eigenvalue weighted by Gasteiger charge is 2.30. The van der Waals surface area contributed by atoms with Gasteiger partial charge in [-0.1, -0.05) is 18.2 Å². The summed E-state index contributed by atoms with van der Waals surface area (Å²) in [5.41, 5.74) is 1.96. The number of aliphatic hydroxyl groups is 1. The maximum absolute atomic E-state index is 12.3. The van der Waals surface area contributed by atoms with Crippen molar-refractivity contribution in [3.8, 4) is 5.69 Å². The van der Waals surface area contributed by atoms with E-state index in [-0.39, 0.29) is 24.4 Å². The lowest BCUT2D eigenvalue weighted by molar-refractivity contribution is -0.132. The van der Waals surface area contributed by atoms with Crippen molar-refractivity contribution in [1.29, 1.82) is 0 Å². The van der Waals surface area contributed by atoms with Crippen LogP contribution in [0.5, 0.6) is 0 Å². The van der Waals surface area contributed by atoms with Gasteiger partial charge in [-0.3, -0.25) is 4.79 Å². The van der Waals surface area contributed by atoms with E-state index in [0.29, 0.717) is 19.5 Å². The van der Waals surface area contributed by atoms with E-state index in [1.165, 1.54) is 0 Å². The number of halogens is 1. The number of aromatic nitrogens is 2. The number of nitrogens with zero attached hydrogens (tertiary/aromatic N) is 3. The number of benzene rings is 1. The first kappa shape index (κ1) is 17.5. The Labute approximate surface area is 141 Å². The van der Waals surface area contributed by atoms with Gasteiger partial charge in [0.2, 0.25) is 5.91 Å². The molecular weight excluding hydrogens is 316 g/mol. The number of para-hydroxylation sites is 1. The van der Waals surface area contributed by atoms with Crippen molar-refractivity contribution in [3.63, 3.8) is 0 Å². The molecule has 7 heteroatoms. The normalized spacial score (nSPS) is 20.1. The lowest BCUT2D eigenvalue weighted by Gasteiger charge is -2.20. The van der Waals surface area contributed by atoms with Gasteiger partial charge < -0.3 is 15.3 Å². The van der Waals surface area contributed by atoms with Crippen molar-refractivity contribution >= 4 is 18.3 Å². The van der Waals surface area contributed by atoms with E-state index in [0.717, 1.165) is 11.3 Å². The standard InChI is InChI=1S/C16H20N4O2.ClH/c1-19(16(22)15-7-14(21)9-17-15)10-12-8-18-20(11-12)13-5-3-2-4-6-13;/h2-6,8,11,14-15,17,21H,7,9-10H2,1H3;1H/t14-,15+;/m1./s1. The third-order valence-corrected chi connectivity index (χ3v) is 3.86. The van der Waals surface area contributed by atoms with Gasteiger partial charge in [0.1, 0.15) is 0 Å². The fourth-order valence-corrected chi connectivity index (χ4v) is 2.69. The summed E-state index contributed by atoms with van der Waals surface area (Å²) in [5.74, 6) is 0.00371. The molecule has 1 amide bonds. The van der Waals surface area contributed by atoms with Crippen molar-refractivity contribution in [2.45, 2.75) is 25.1 Å². The molecule has 0 spiro atoms. The maximum Gasteiger partial charge on any atom is 0.239 e. The van der Waals surface area contributed by atoms with Gasteiger partial charge in [0.15, 0.2) is 0 Å². The molecule has 3 rings (SSSR count). The first-order chi connectivity index (χ1) is 10.6. The van der Waals surface area contributed by atoms with Crippen molar-refractivity contribution in [1.82, 2.24) is 20.0 Å². The van der Waals surface area contributed by atoms with Gasteiger partial charge in [-0.2, -0.15) is 5.10 Å². The molecule has 0 aliphatic carbocycles. The summed E-state index contributed by atoms with van der Waals surface area (Å²) < 4.78 is 1.80. The fourth-order valence-electron chi connectivity index (χ4n) is 2.69. The summed E-state index contributed by atoms with van der Waals surface area (Å²) in [6.45, 7) is 0.982.